The van der Waals surface area contributed by atoms with Crippen LogP contribution in [0.5, 0.6) is 0 Å². The number of rotatable bonds is 6. The Morgan fingerprint density at radius 3 is 2.08 bits per heavy atom. The molecule has 0 atom stereocenters. The van der Waals surface area contributed by atoms with Gasteiger partial charge in [0, 0.05) is 57.0 Å². The molecule has 4 aromatic rings. The minimum Gasteiger partial charge on any atom is -0.456 e. The molecule has 0 bridgehead atoms. The zero-order valence-electron chi connectivity index (χ0n) is 28.2. The van der Waals surface area contributed by atoms with Crippen LogP contribution in [0, 0.1) is 41.5 Å². The number of hydrogen-bond acceptors (Lipinski definition) is 9. The highest BCUT2D eigenvalue weighted by atomic mass is 32.2. The van der Waals surface area contributed by atoms with Gasteiger partial charge in [-0.05, 0) is 105 Å². The van der Waals surface area contributed by atoms with Crippen molar-refractivity contribution in [3.8, 4) is 22.5 Å². The van der Waals surface area contributed by atoms with Crippen LogP contribution in [0.2, 0.25) is 0 Å². The summed E-state index contributed by atoms with van der Waals surface area (Å²) in [6.07, 6.45) is 0. The van der Waals surface area contributed by atoms with Crippen molar-refractivity contribution in [3.63, 3.8) is 0 Å². The molecule has 258 valence electrons. The van der Waals surface area contributed by atoms with Gasteiger partial charge in [-0.1, -0.05) is 24.3 Å². The average Bonchev–Trinajstić information content (AvgIpc) is 3.04. The third-order valence-corrected chi connectivity index (χ3v) is 11.2. The molecule has 1 heterocycles. The lowest BCUT2D eigenvalue weighted by atomic mass is 9.93. The Morgan fingerprint density at radius 2 is 1.40 bits per heavy atom. The zero-order chi connectivity index (χ0) is 36.4. The van der Waals surface area contributed by atoms with Gasteiger partial charge in [-0.2, -0.15) is 16.8 Å². The Bertz CT molecular complexity index is 2660. The van der Waals surface area contributed by atoms with E-state index in [1.165, 1.54) is 19.1 Å². The van der Waals surface area contributed by atoms with Gasteiger partial charge in [-0.3, -0.25) is 9.11 Å². The first-order valence-corrected chi connectivity index (χ1v) is 18.4. The summed E-state index contributed by atoms with van der Waals surface area (Å²) in [5, 5.41) is 4.35. The lowest BCUT2D eigenvalue weighted by Gasteiger charge is -2.21. The van der Waals surface area contributed by atoms with E-state index in [1.807, 2.05) is 26.8 Å². The molecule has 1 aliphatic carbocycles. The van der Waals surface area contributed by atoms with Gasteiger partial charge in [0.2, 0.25) is 0 Å². The minimum absolute atomic E-state index is 0.211. The highest BCUT2D eigenvalue weighted by Gasteiger charge is 2.26. The fourth-order valence-corrected chi connectivity index (χ4v) is 8.32. The molecule has 0 spiro atoms. The van der Waals surface area contributed by atoms with Crippen molar-refractivity contribution in [2.75, 3.05) is 16.8 Å². The molecule has 50 heavy (non-hydrogen) atoms. The molecular formula is C37H36N4O7S2. The van der Waals surface area contributed by atoms with Crippen LogP contribution in [0.25, 0.3) is 33.4 Å². The summed E-state index contributed by atoms with van der Waals surface area (Å²) in [6.45, 7) is 10.7. The largest absolute Gasteiger partial charge is 0.456 e. The smallest absolute Gasteiger partial charge is 0.295 e. The number of hydrogen-bond donors (Lipinski definition) is 5. The van der Waals surface area contributed by atoms with Crippen LogP contribution in [0.15, 0.2) is 85.9 Å². The Labute approximate surface area is 290 Å². The highest BCUT2D eigenvalue weighted by Crippen LogP contribution is 2.44. The fraction of sp³-hybridized carbons (Fsp3) is 0.162. The van der Waals surface area contributed by atoms with E-state index in [2.05, 4.69) is 5.32 Å². The molecule has 6 rings (SSSR count). The van der Waals surface area contributed by atoms with E-state index < -0.39 is 20.2 Å². The van der Waals surface area contributed by atoms with Crippen LogP contribution >= 0.6 is 0 Å². The van der Waals surface area contributed by atoms with Crippen LogP contribution in [0.3, 0.4) is 0 Å². The first kappa shape index (κ1) is 34.6. The molecule has 0 saturated heterocycles. The van der Waals surface area contributed by atoms with Crippen LogP contribution in [-0.4, -0.2) is 25.9 Å². The highest BCUT2D eigenvalue weighted by molar-refractivity contribution is 7.86. The van der Waals surface area contributed by atoms with Gasteiger partial charge >= 0.3 is 0 Å². The summed E-state index contributed by atoms with van der Waals surface area (Å²) in [5.41, 5.74) is 20.6. The lowest BCUT2D eigenvalue weighted by Crippen LogP contribution is -2.11. The molecule has 0 amide bonds. The minimum atomic E-state index is -4.62. The quantitative estimate of drug-likeness (QED) is 0.0648. The molecule has 1 aliphatic heterocycles. The second kappa shape index (κ2) is 12.3. The molecule has 0 radical (unpaired) electrons. The summed E-state index contributed by atoms with van der Waals surface area (Å²) < 4.78 is 76.4. The third kappa shape index (κ3) is 5.98. The topological polar surface area (TPSA) is 198 Å². The number of nitrogens with two attached hydrogens (primary N) is 2. The van der Waals surface area contributed by atoms with E-state index in [4.69, 9.17) is 20.9 Å². The Hall–Kier alpha value is -5.21. The molecular weight excluding hydrogens is 677 g/mol. The third-order valence-electron chi connectivity index (χ3n) is 9.14. The summed E-state index contributed by atoms with van der Waals surface area (Å²) in [5.74, 6) is 0.382. The molecule has 0 unspecified atom stereocenters. The summed E-state index contributed by atoms with van der Waals surface area (Å²) in [7, 11) is -9.21. The Kier molecular flexibility index (Phi) is 8.51. The molecule has 0 fully saturated rings. The van der Waals surface area contributed by atoms with Gasteiger partial charge < -0.3 is 21.2 Å². The number of aryl methyl sites for hydroxylation is 2. The second-order valence-electron chi connectivity index (χ2n) is 12.4. The first-order chi connectivity index (χ1) is 23.4. The second-order valence-corrected chi connectivity index (χ2v) is 15.2. The van der Waals surface area contributed by atoms with Crippen molar-refractivity contribution in [2.24, 2.45) is 4.99 Å². The first-order valence-electron chi connectivity index (χ1n) is 15.5. The monoisotopic (exact) mass is 712 g/mol. The molecule has 0 aromatic heterocycles. The van der Waals surface area contributed by atoms with Gasteiger partial charge in [0.15, 0.2) is 0 Å². The molecule has 7 N–H and O–H groups in total. The van der Waals surface area contributed by atoms with E-state index in [0.29, 0.717) is 55.8 Å². The van der Waals surface area contributed by atoms with Crippen LogP contribution in [0.1, 0.15) is 33.4 Å². The number of anilines is 4. The summed E-state index contributed by atoms with van der Waals surface area (Å²) in [4.78, 5) is 4.35. The lowest BCUT2D eigenvalue weighted by molar-refractivity contribution is 0.480. The van der Waals surface area contributed by atoms with E-state index in [-0.39, 0.29) is 32.2 Å². The fourth-order valence-electron chi connectivity index (χ4n) is 6.64. The van der Waals surface area contributed by atoms with Crippen molar-refractivity contribution in [1.82, 2.24) is 0 Å². The van der Waals surface area contributed by atoms with Crippen LogP contribution in [-0.2, 0) is 20.2 Å². The molecule has 2 aliphatic rings. The number of nitrogens with zero attached hydrogens (tertiary/aromatic N) is 1. The Morgan fingerprint density at radius 1 is 0.700 bits per heavy atom. The van der Waals surface area contributed by atoms with Crippen LogP contribution in [0.4, 0.5) is 28.4 Å². The van der Waals surface area contributed by atoms with Gasteiger partial charge in [-0.25, -0.2) is 4.99 Å². The molecule has 11 nitrogen and oxygen atoms in total. The molecule has 13 heteroatoms. The average molecular weight is 713 g/mol. The van der Waals surface area contributed by atoms with Crippen molar-refractivity contribution in [2.45, 2.75) is 51.3 Å². The van der Waals surface area contributed by atoms with Gasteiger partial charge in [0.25, 0.3) is 20.2 Å². The summed E-state index contributed by atoms with van der Waals surface area (Å²) in [6, 6.07) is 18.6. The summed E-state index contributed by atoms with van der Waals surface area (Å²) >= 11 is 0. The maximum Gasteiger partial charge on any atom is 0.295 e. The van der Waals surface area contributed by atoms with E-state index in [1.54, 1.807) is 62.4 Å². The molecule has 0 saturated carbocycles. The predicted octanol–water partition coefficient (Wildman–Crippen LogP) is 7.69. The van der Waals surface area contributed by atoms with Crippen molar-refractivity contribution in [1.29, 1.82) is 0 Å². The standard InChI is InChI=1S/C37H36N4O7S2/c1-18-15-19(2)35(20(3)33(18)38)40-24-11-13-26-29(16-24)48-30-17-25(41-36-21(4)34(39)22(5)37(23(36)6)50(45,46)47)12-14-27(30)32(26)28-9-7-8-10-31(28)49(42,43)44/h7-17,41H,38-39H2,1-6H3,(H,42,43,44)(H,45,46,47). The van der Waals surface area contributed by atoms with Crippen LogP contribution < -0.4 is 22.1 Å². The van der Waals surface area contributed by atoms with E-state index in [9.17, 15) is 25.9 Å². The normalized spacial score (nSPS) is 12.6. The maximum absolute atomic E-state index is 12.6. The van der Waals surface area contributed by atoms with Gasteiger partial charge in [0.05, 0.1) is 11.0 Å². The van der Waals surface area contributed by atoms with Crippen molar-refractivity contribution < 1.29 is 30.4 Å². The number of benzene rings is 5. The molecule has 4 aromatic carbocycles. The van der Waals surface area contributed by atoms with E-state index in [0.717, 1.165) is 22.4 Å². The SMILES string of the molecule is Cc1cc(C)c(N=c2ccc3c(-c4ccccc4S(=O)(=O)O)c4ccc(Nc5c(C)c(N)c(C)c(S(=O)(=O)O)c5C)cc4oc-3c2)c(C)c1N. The van der Waals surface area contributed by atoms with Gasteiger partial charge in [-0.15, -0.1) is 0 Å². The number of fused-ring (bicyclic) bond motifs is 2. The predicted molar refractivity (Wildman–Crippen MR) is 197 cm³/mol. The maximum atomic E-state index is 12.6. The number of nitrogen functional groups attached to an aromatic ring is 2. The number of nitrogens with one attached hydrogen (secondary N) is 1. The van der Waals surface area contributed by atoms with Gasteiger partial charge in [0.1, 0.15) is 21.1 Å². The van der Waals surface area contributed by atoms with E-state index >= 15 is 0 Å². The van der Waals surface area contributed by atoms with Crippen molar-refractivity contribution >= 4 is 59.6 Å². The Balaban J connectivity index is 1.64. The zero-order valence-corrected chi connectivity index (χ0v) is 29.8. The van der Waals surface area contributed by atoms with Crippen molar-refractivity contribution in [3.05, 3.63) is 105 Å².